The molecular formula is C15H9F3OS. The predicted molar refractivity (Wildman–Crippen MR) is 73.9 cm³/mol. The van der Waals surface area contributed by atoms with Gasteiger partial charge in [-0.1, -0.05) is 30.3 Å². The van der Waals surface area contributed by atoms with E-state index in [-0.39, 0.29) is 5.75 Å². The van der Waals surface area contributed by atoms with Crippen molar-refractivity contribution in [3.63, 3.8) is 0 Å². The molecule has 20 heavy (non-hydrogen) atoms. The topological polar surface area (TPSA) is 9.23 Å². The number of halogens is 3. The summed E-state index contributed by atoms with van der Waals surface area (Å²) in [5, 5.41) is 3.10. The van der Waals surface area contributed by atoms with Gasteiger partial charge in [-0.3, -0.25) is 0 Å². The van der Waals surface area contributed by atoms with Crippen LogP contribution in [0.1, 0.15) is 0 Å². The molecule has 0 aliphatic carbocycles. The highest BCUT2D eigenvalue weighted by atomic mass is 32.1. The van der Waals surface area contributed by atoms with E-state index in [0.717, 1.165) is 21.2 Å². The highest BCUT2D eigenvalue weighted by Gasteiger charge is 2.30. The first-order valence-electron chi connectivity index (χ1n) is 5.85. The average molecular weight is 294 g/mol. The van der Waals surface area contributed by atoms with E-state index in [2.05, 4.69) is 4.74 Å². The minimum absolute atomic E-state index is 0.208. The molecule has 1 aromatic heterocycles. The summed E-state index contributed by atoms with van der Waals surface area (Å²) in [6, 6.07) is 13.9. The minimum atomic E-state index is -4.66. The highest BCUT2D eigenvalue weighted by molar-refractivity contribution is 7.17. The Morgan fingerprint density at radius 2 is 1.60 bits per heavy atom. The molecule has 2 aromatic carbocycles. The van der Waals surface area contributed by atoms with Gasteiger partial charge in [-0.15, -0.1) is 24.5 Å². The normalized spacial score (nSPS) is 11.8. The maximum absolute atomic E-state index is 12.1. The molecule has 0 atom stereocenters. The Labute approximate surface area is 117 Å². The van der Waals surface area contributed by atoms with E-state index in [1.165, 1.54) is 12.1 Å². The van der Waals surface area contributed by atoms with Gasteiger partial charge >= 0.3 is 6.36 Å². The fourth-order valence-corrected chi connectivity index (χ4v) is 3.01. The number of hydrogen-bond donors (Lipinski definition) is 0. The molecule has 0 aliphatic rings. The van der Waals surface area contributed by atoms with Gasteiger partial charge in [-0.25, -0.2) is 0 Å². The summed E-state index contributed by atoms with van der Waals surface area (Å²) in [5.41, 5.74) is 1.89. The van der Waals surface area contributed by atoms with E-state index < -0.39 is 6.36 Å². The summed E-state index contributed by atoms with van der Waals surface area (Å²) in [5.74, 6) is -0.208. The van der Waals surface area contributed by atoms with E-state index >= 15 is 0 Å². The van der Waals surface area contributed by atoms with Crippen LogP contribution in [-0.2, 0) is 0 Å². The smallest absolute Gasteiger partial charge is 0.406 e. The van der Waals surface area contributed by atoms with Crippen LogP contribution in [0, 0.1) is 0 Å². The van der Waals surface area contributed by atoms with Crippen molar-refractivity contribution in [2.24, 2.45) is 0 Å². The van der Waals surface area contributed by atoms with Crippen molar-refractivity contribution in [3.05, 3.63) is 53.9 Å². The Balaban J connectivity index is 1.95. The summed E-state index contributed by atoms with van der Waals surface area (Å²) in [6.07, 6.45) is -4.66. The van der Waals surface area contributed by atoms with Gasteiger partial charge in [0.2, 0.25) is 0 Å². The molecule has 0 amide bonds. The lowest BCUT2D eigenvalue weighted by molar-refractivity contribution is -0.274. The minimum Gasteiger partial charge on any atom is -0.406 e. The lowest BCUT2D eigenvalue weighted by Gasteiger charge is -2.09. The van der Waals surface area contributed by atoms with E-state index in [1.54, 1.807) is 23.5 Å². The molecule has 102 valence electrons. The van der Waals surface area contributed by atoms with Crippen molar-refractivity contribution in [1.82, 2.24) is 0 Å². The quantitative estimate of drug-likeness (QED) is 0.609. The van der Waals surface area contributed by atoms with Gasteiger partial charge in [0, 0.05) is 15.6 Å². The maximum Gasteiger partial charge on any atom is 0.573 e. The van der Waals surface area contributed by atoms with Crippen LogP contribution in [-0.4, -0.2) is 6.36 Å². The third kappa shape index (κ3) is 2.63. The third-order valence-corrected chi connectivity index (χ3v) is 3.84. The average Bonchev–Trinajstić information content (AvgIpc) is 2.82. The molecule has 3 aromatic rings. The first kappa shape index (κ1) is 13.0. The van der Waals surface area contributed by atoms with Crippen LogP contribution in [0.4, 0.5) is 13.2 Å². The van der Waals surface area contributed by atoms with Gasteiger partial charge < -0.3 is 4.74 Å². The number of ether oxygens (including phenoxy) is 1. The Hall–Kier alpha value is -2.01. The van der Waals surface area contributed by atoms with Crippen molar-refractivity contribution >= 4 is 21.4 Å². The molecule has 0 fully saturated rings. The number of fused-ring (bicyclic) bond motifs is 1. The van der Waals surface area contributed by atoms with Crippen LogP contribution in [0.3, 0.4) is 0 Å². The van der Waals surface area contributed by atoms with Gasteiger partial charge in [0.05, 0.1) is 0 Å². The standard InChI is InChI=1S/C15H9F3OS/c16-15(17,18)19-11-7-5-10(6-8-11)13-9-20-14-4-2-1-3-12(13)14/h1-9H. The summed E-state index contributed by atoms with van der Waals surface area (Å²) in [4.78, 5) is 0. The monoisotopic (exact) mass is 294 g/mol. The Kier molecular flexibility index (Phi) is 3.14. The van der Waals surface area contributed by atoms with Crippen molar-refractivity contribution < 1.29 is 17.9 Å². The molecule has 0 saturated heterocycles. The molecule has 0 aliphatic heterocycles. The van der Waals surface area contributed by atoms with Crippen LogP contribution in [0.2, 0.25) is 0 Å². The molecule has 0 radical (unpaired) electrons. The zero-order chi connectivity index (χ0) is 14.2. The van der Waals surface area contributed by atoms with E-state index in [1.807, 2.05) is 29.6 Å². The second-order valence-corrected chi connectivity index (χ2v) is 5.13. The zero-order valence-corrected chi connectivity index (χ0v) is 11.0. The summed E-state index contributed by atoms with van der Waals surface area (Å²) >= 11 is 1.61. The van der Waals surface area contributed by atoms with Crippen LogP contribution in [0.25, 0.3) is 21.2 Å². The Bertz CT molecular complexity index is 729. The van der Waals surface area contributed by atoms with Gasteiger partial charge in [-0.2, -0.15) is 0 Å². The van der Waals surface area contributed by atoms with E-state index in [9.17, 15) is 13.2 Å². The predicted octanol–water partition coefficient (Wildman–Crippen LogP) is 5.47. The second-order valence-electron chi connectivity index (χ2n) is 4.22. The highest BCUT2D eigenvalue weighted by Crippen LogP contribution is 2.34. The molecule has 1 heterocycles. The molecule has 0 N–H and O–H groups in total. The number of thiophene rings is 1. The Morgan fingerprint density at radius 1 is 0.900 bits per heavy atom. The second kappa shape index (κ2) is 4.83. The number of alkyl halides is 3. The van der Waals surface area contributed by atoms with Gasteiger partial charge in [0.15, 0.2) is 0 Å². The molecule has 0 saturated carbocycles. The van der Waals surface area contributed by atoms with Gasteiger partial charge in [0.25, 0.3) is 0 Å². The Morgan fingerprint density at radius 3 is 2.30 bits per heavy atom. The number of hydrogen-bond acceptors (Lipinski definition) is 2. The maximum atomic E-state index is 12.1. The zero-order valence-electron chi connectivity index (χ0n) is 10.1. The first-order valence-corrected chi connectivity index (χ1v) is 6.73. The number of benzene rings is 2. The largest absolute Gasteiger partial charge is 0.573 e. The van der Waals surface area contributed by atoms with E-state index in [4.69, 9.17) is 0 Å². The summed E-state index contributed by atoms with van der Waals surface area (Å²) in [6.45, 7) is 0. The van der Waals surface area contributed by atoms with Crippen LogP contribution < -0.4 is 4.74 Å². The lowest BCUT2D eigenvalue weighted by Crippen LogP contribution is -2.16. The summed E-state index contributed by atoms with van der Waals surface area (Å²) < 4.78 is 41.3. The molecule has 3 rings (SSSR count). The molecule has 1 nitrogen and oxygen atoms in total. The summed E-state index contributed by atoms with van der Waals surface area (Å²) in [7, 11) is 0. The van der Waals surface area contributed by atoms with E-state index in [0.29, 0.717) is 0 Å². The molecule has 0 bridgehead atoms. The van der Waals surface area contributed by atoms with Crippen molar-refractivity contribution in [1.29, 1.82) is 0 Å². The third-order valence-electron chi connectivity index (χ3n) is 2.88. The SMILES string of the molecule is FC(F)(F)Oc1ccc(-c2csc3ccccc23)cc1. The number of rotatable bonds is 2. The van der Waals surface area contributed by atoms with Gasteiger partial charge in [0.1, 0.15) is 5.75 Å². The fraction of sp³-hybridized carbons (Fsp3) is 0.0667. The van der Waals surface area contributed by atoms with Crippen LogP contribution in [0.15, 0.2) is 53.9 Å². The molecule has 0 unspecified atom stereocenters. The van der Waals surface area contributed by atoms with Crippen molar-refractivity contribution in [3.8, 4) is 16.9 Å². The van der Waals surface area contributed by atoms with Crippen LogP contribution >= 0.6 is 11.3 Å². The molecule has 5 heteroatoms. The van der Waals surface area contributed by atoms with Crippen molar-refractivity contribution in [2.45, 2.75) is 6.36 Å². The van der Waals surface area contributed by atoms with Crippen LogP contribution in [0.5, 0.6) is 5.75 Å². The lowest BCUT2D eigenvalue weighted by atomic mass is 10.0. The first-order chi connectivity index (χ1) is 9.53. The molecule has 0 spiro atoms. The van der Waals surface area contributed by atoms with Crippen molar-refractivity contribution in [2.75, 3.05) is 0 Å². The molecular weight excluding hydrogens is 285 g/mol. The van der Waals surface area contributed by atoms with Gasteiger partial charge in [-0.05, 0) is 29.1 Å². The fourth-order valence-electron chi connectivity index (χ4n) is 2.04.